The minimum absolute atomic E-state index is 0.163. The van der Waals surface area contributed by atoms with Crippen molar-refractivity contribution in [3.63, 3.8) is 0 Å². The largest absolute Gasteiger partial charge is 0.494 e. The first kappa shape index (κ1) is 88.3. The summed E-state index contributed by atoms with van der Waals surface area (Å²) in [7, 11) is -7.47. The second-order valence-corrected chi connectivity index (χ2v) is 38.4. The average Bonchev–Trinajstić information content (AvgIpc) is 1.50. The van der Waals surface area contributed by atoms with Crippen LogP contribution < -0.4 is 9.65 Å². The fraction of sp³-hybridized carbons (Fsp3) is 0.100. The minimum atomic E-state index is -7.41. The molecule has 1 saturated heterocycles. The summed E-state index contributed by atoms with van der Waals surface area (Å²) in [6, 6.07) is 136. The highest BCUT2D eigenvalue weighted by Gasteiger charge is 2.86. The molecule has 0 unspecified atom stereocenters. The molecule has 25 rings (SSSR count). The Morgan fingerprint density at radius 1 is 0.279 bits per heavy atom. The van der Waals surface area contributed by atoms with Gasteiger partial charge in [-0.05, 0) is 290 Å². The third-order valence-corrected chi connectivity index (χ3v) is 29.8. The van der Waals surface area contributed by atoms with E-state index in [0.717, 1.165) is 129 Å². The highest BCUT2D eigenvalue weighted by atomic mass is 32.2. The molecule has 2 spiro atoms. The summed E-state index contributed by atoms with van der Waals surface area (Å²) in [4.78, 5) is 18.9. The number of pyridine rings is 4. The van der Waals surface area contributed by atoms with Crippen molar-refractivity contribution in [3.05, 3.63) is 457 Å². The molecule has 9 nitrogen and oxygen atoms in total. The van der Waals surface area contributed by atoms with E-state index in [0.29, 0.717) is 16.5 Å². The molecule has 0 radical (unpaired) electrons. The van der Waals surface area contributed by atoms with Gasteiger partial charge in [0.25, 0.3) is 0 Å². The number of benzene rings is 16. The Hall–Kier alpha value is -15.7. The molecular formula is C120H80BF9N4O5S. The lowest BCUT2D eigenvalue weighted by Gasteiger charge is -2.32. The van der Waals surface area contributed by atoms with Crippen molar-refractivity contribution in [1.29, 1.82) is 0 Å². The van der Waals surface area contributed by atoms with E-state index in [9.17, 15) is 47.9 Å². The molecule has 20 heteroatoms. The van der Waals surface area contributed by atoms with Crippen LogP contribution in [0.5, 0.6) is 5.75 Å². The first-order chi connectivity index (χ1) is 67.5. The lowest BCUT2D eigenvalue weighted by Crippen LogP contribution is -2.63. The van der Waals surface area contributed by atoms with Gasteiger partial charge in [-0.2, -0.15) is 47.9 Å². The van der Waals surface area contributed by atoms with Crippen molar-refractivity contribution >= 4 is 66.1 Å². The predicted octanol–water partition coefficient (Wildman–Crippen LogP) is 30.0. The van der Waals surface area contributed by atoms with E-state index >= 15 is 0 Å². The molecule has 0 atom stereocenters. The quantitative estimate of drug-likeness (QED) is 0.0632. The van der Waals surface area contributed by atoms with E-state index in [4.69, 9.17) is 19.3 Å². The summed E-state index contributed by atoms with van der Waals surface area (Å²) in [6.45, 7) is 8.29. The van der Waals surface area contributed by atoms with Crippen molar-refractivity contribution in [2.45, 2.75) is 73.0 Å². The van der Waals surface area contributed by atoms with Gasteiger partial charge in [0, 0.05) is 23.2 Å². The summed E-state index contributed by atoms with van der Waals surface area (Å²) >= 11 is 0. The van der Waals surface area contributed by atoms with Crippen LogP contribution in [0.3, 0.4) is 0 Å². The van der Waals surface area contributed by atoms with Crippen molar-refractivity contribution in [1.82, 2.24) is 19.9 Å². The summed E-state index contributed by atoms with van der Waals surface area (Å²) in [6.07, 6.45) is -3.58. The standard InChI is InChI=1S/C55H34N2.C39H21F9O3S.C26H25BN2O2/c1-5-15-48-42(11-1)43-12-2-6-16-49(43)55(48)50-17-7-3-13-44(50)45-29-28-40(33-51(45)55)39-27-23-36-22-26-38(31-41(36)32-39)35-20-24-37(25-21-35)47-34-54(53-19-9-10-30-56-53)57-52-18-8-4-14-46(47)52;40-36(41,38(44,45)46)37(42,43)39(47,48)52(49,50)51-26-17-15-22-13-14-23(19-25(22)20-26)24-16-18-30-29-9-3-6-12-33(29)35(34(30)21-24)31-10-4-1-7-27(31)28-8-2-5-11-32(28)35;1-25(2)26(3,4)31-27(30-25)19-14-12-18(13-15-19)21-17-24(23-11-7-8-16-28-23)29-22-10-6-5-9-20(21)22/h1-34H;1-21H;5-17H,1-4H3. The number of alkyl halides is 9. The van der Waals surface area contributed by atoms with Gasteiger partial charge in [-0.3, -0.25) is 9.97 Å². The maximum absolute atomic E-state index is 14.4. The number of para-hydroxylation sites is 2. The highest BCUT2D eigenvalue weighted by Crippen LogP contribution is 2.66. The van der Waals surface area contributed by atoms with Crippen LogP contribution in [-0.4, -0.2) is 70.0 Å². The molecule has 0 N–H and O–H groups in total. The number of hydrogen-bond donors (Lipinski definition) is 0. The maximum Gasteiger partial charge on any atom is 0.494 e. The molecule has 0 amide bonds. The van der Waals surface area contributed by atoms with Gasteiger partial charge in [0.15, 0.2) is 0 Å². The lowest BCUT2D eigenvalue weighted by molar-refractivity contribution is -0.382. The Kier molecular flexibility index (Phi) is 20.8. The van der Waals surface area contributed by atoms with Gasteiger partial charge in [-0.1, -0.05) is 309 Å². The molecule has 20 aromatic rings. The van der Waals surface area contributed by atoms with Crippen LogP contribution in [-0.2, 0) is 30.3 Å². The summed E-state index contributed by atoms with van der Waals surface area (Å²) in [5.41, 5.74) is 34.6. The molecule has 4 aliphatic carbocycles. The van der Waals surface area contributed by atoms with Gasteiger partial charge >= 0.3 is 40.5 Å². The molecule has 5 aliphatic rings. The highest BCUT2D eigenvalue weighted by molar-refractivity contribution is 7.88. The van der Waals surface area contributed by atoms with Crippen molar-refractivity contribution in [3.8, 4) is 129 Å². The van der Waals surface area contributed by atoms with Crippen LogP contribution in [0.15, 0.2) is 413 Å². The zero-order valence-electron chi connectivity index (χ0n) is 75.5. The third kappa shape index (κ3) is 14.0. The SMILES string of the molecule is CC1(C)OB(c2ccc(-c3cc(-c4ccccn4)nc4ccccc34)cc2)OC1(C)C.O=S(=O)(Oc1ccc2ccc(-c3ccc4c(c3)C3(c5ccccc5-c5ccccc53)c3ccccc3-4)cc2c1)C(F)(F)C(F)(F)C(F)(F)C(F)(F)F.c1ccc(-c2cc(-c3ccc(-c4ccc5ccc(-c6ccc7c(c6)C6(c8ccccc8-c8ccccc86)c6ccccc6-7)cc5c4)cc3)c3ccccc3n2)nc1. The average molecular weight is 1870 g/mol. The molecule has 16 aromatic carbocycles. The maximum atomic E-state index is 14.4. The fourth-order valence-corrected chi connectivity index (χ4v) is 22.0. The number of hydrogen-bond acceptors (Lipinski definition) is 9. The lowest BCUT2D eigenvalue weighted by atomic mass is 9.70. The zero-order valence-corrected chi connectivity index (χ0v) is 76.3. The van der Waals surface area contributed by atoms with E-state index < -0.39 is 44.6 Å². The van der Waals surface area contributed by atoms with E-state index in [-0.39, 0.29) is 29.1 Å². The summed E-state index contributed by atoms with van der Waals surface area (Å²) in [5, 5.41) is -1.70. The van der Waals surface area contributed by atoms with Gasteiger partial charge < -0.3 is 13.5 Å². The molecule has 0 saturated carbocycles. The van der Waals surface area contributed by atoms with Crippen molar-refractivity contribution in [2.75, 3.05) is 0 Å². The van der Waals surface area contributed by atoms with Gasteiger partial charge in [-0.15, -0.1) is 0 Å². The monoisotopic (exact) mass is 1870 g/mol. The van der Waals surface area contributed by atoms with E-state index in [1.807, 2.05) is 121 Å². The Labute approximate surface area is 801 Å². The first-order valence-corrected chi connectivity index (χ1v) is 47.2. The third-order valence-electron chi connectivity index (χ3n) is 28.5. The zero-order chi connectivity index (χ0) is 96.2. The predicted molar refractivity (Wildman–Crippen MR) is 537 cm³/mol. The van der Waals surface area contributed by atoms with Gasteiger partial charge in [0.1, 0.15) is 5.75 Å². The Bertz CT molecular complexity index is 8420. The van der Waals surface area contributed by atoms with Crippen molar-refractivity contribution in [2.24, 2.45) is 0 Å². The number of rotatable bonds is 13. The summed E-state index contributed by atoms with van der Waals surface area (Å²) in [5.74, 6) is -15.8. The molecule has 140 heavy (non-hydrogen) atoms. The van der Waals surface area contributed by atoms with Crippen LogP contribution in [0.1, 0.15) is 72.2 Å². The number of fused-ring (bicyclic) bond motifs is 24. The molecule has 0 bridgehead atoms. The number of nitrogens with zero attached hydrogens (tertiary/aromatic N) is 4. The van der Waals surface area contributed by atoms with E-state index in [2.05, 4.69) is 291 Å². The molecular weight excluding hydrogens is 1790 g/mol. The summed E-state index contributed by atoms with van der Waals surface area (Å²) < 4.78 is 162. The second kappa shape index (κ2) is 33.0. The van der Waals surface area contributed by atoms with Crippen molar-refractivity contribution < 1.29 is 61.4 Å². The van der Waals surface area contributed by atoms with Crippen LogP contribution >= 0.6 is 0 Å². The van der Waals surface area contributed by atoms with Crippen LogP contribution in [0.25, 0.3) is 166 Å². The topological polar surface area (TPSA) is 113 Å². The molecule has 1 fully saturated rings. The van der Waals surface area contributed by atoms with Crippen LogP contribution in [0.4, 0.5) is 39.5 Å². The van der Waals surface area contributed by atoms with Gasteiger partial charge in [-0.25, -0.2) is 9.97 Å². The molecule has 682 valence electrons. The van der Waals surface area contributed by atoms with Gasteiger partial charge in [0.2, 0.25) is 0 Å². The molecule has 4 aromatic heterocycles. The molecule has 5 heterocycles. The Morgan fingerprint density at radius 3 is 0.979 bits per heavy atom. The second-order valence-electron chi connectivity index (χ2n) is 36.9. The van der Waals surface area contributed by atoms with Gasteiger partial charge in [0.05, 0.1) is 55.8 Å². The minimum Gasteiger partial charge on any atom is -0.399 e. The van der Waals surface area contributed by atoms with E-state index in [1.165, 1.54) is 83.6 Å². The Balaban J connectivity index is 0.000000122. The Morgan fingerprint density at radius 2 is 0.593 bits per heavy atom. The van der Waals surface area contributed by atoms with Crippen LogP contribution in [0, 0.1) is 0 Å². The normalized spacial score (nSPS) is 14.7. The van der Waals surface area contributed by atoms with E-state index in [1.54, 1.807) is 24.4 Å². The van der Waals surface area contributed by atoms with Crippen LogP contribution in [0.2, 0.25) is 0 Å². The smallest absolute Gasteiger partial charge is 0.399 e. The number of halogens is 9. The number of aromatic nitrogens is 4. The fourth-order valence-electron chi connectivity index (χ4n) is 21.1. The molecule has 1 aliphatic heterocycles. The first-order valence-electron chi connectivity index (χ1n) is 45.8.